The number of rotatable bonds is 8. The number of carbonyl (C=O) groups excluding carboxylic acids is 1. The largest absolute Gasteiger partial charge is 0.457 e. The van der Waals surface area contributed by atoms with Crippen LogP contribution in [-0.4, -0.2) is 61.7 Å². The van der Waals surface area contributed by atoms with E-state index in [0.29, 0.717) is 18.0 Å². The number of benzene rings is 2. The highest BCUT2D eigenvalue weighted by Gasteiger charge is 2.28. The minimum Gasteiger partial charge on any atom is -0.457 e. The second kappa shape index (κ2) is 12.7. The Morgan fingerprint density at radius 3 is 2.03 bits per heavy atom. The normalized spacial score (nSPS) is 15.0. The Morgan fingerprint density at radius 1 is 1.03 bits per heavy atom. The van der Waals surface area contributed by atoms with E-state index in [-0.39, 0.29) is 30.0 Å². The molecule has 0 unspecified atom stereocenters. The molecule has 2 N–H and O–H groups in total. The fourth-order valence-corrected chi connectivity index (χ4v) is 4.78. The number of urea groups is 1. The highest BCUT2D eigenvalue weighted by Crippen LogP contribution is 2.25. The van der Waals surface area contributed by atoms with Crippen molar-refractivity contribution in [3.63, 3.8) is 0 Å². The molecular formula is C26H39ClN4O4S. The van der Waals surface area contributed by atoms with Crippen molar-refractivity contribution in [2.24, 2.45) is 0 Å². The van der Waals surface area contributed by atoms with E-state index in [1.54, 1.807) is 24.3 Å². The second-order valence-corrected chi connectivity index (χ2v) is 11.9. The van der Waals surface area contributed by atoms with Crippen molar-refractivity contribution in [3.8, 4) is 11.5 Å². The minimum absolute atomic E-state index is 0. The van der Waals surface area contributed by atoms with Crippen LogP contribution in [0.25, 0.3) is 0 Å². The summed E-state index contributed by atoms with van der Waals surface area (Å²) in [6.45, 7) is 11.5. The molecule has 1 aliphatic rings. The highest BCUT2D eigenvalue weighted by molar-refractivity contribution is 7.92. The van der Waals surface area contributed by atoms with Gasteiger partial charge in [0.25, 0.3) is 0 Å². The molecule has 2 aromatic carbocycles. The van der Waals surface area contributed by atoms with Crippen molar-refractivity contribution >= 4 is 34.1 Å². The number of nitrogens with one attached hydrogen (secondary N) is 2. The zero-order valence-corrected chi connectivity index (χ0v) is 23.4. The van der Waals surface area contributed by atoms with Gasteiger partial charge in [0.05, 0.1) is 6.26 Å². The van der Waals surface area contributed by atoms with Gasteiger partial charge in [-0.25, -0.2) is 13.2 Å². The number of sulfonamides is 1. The smallest absolute Gasteiger partial charge is 0.318 e. The van der Waals surface area contributed by atoms with E-state index in [0.717, 1.165) is 44.5 Å². The number of ether oxygens (including phenoxy) is 1. The molecule has 1 saturated heterocycles. The molecule has 0 aromatic heterocycles. The molecule has 3 rings (SSSR count). The molecule has 0 radical (unpaired) electrons. The first-order chi connectivity index (χ1) is 16.4. The fourth-order valence-electron chi connectivity index (χ4n) is 4.21. The minimum atomic E-state index is -3.30. The van der Waals surface area contributed by atoms with Crippen LogP contribution < -0.4 is 14.8 Å². The lowest BCUT2D eigenvalue weighted by Gasteiger charge is -2.39. The van der Waals surface area contributed by atoms with Crippen molar-refractivity contribution in [1.29, 1.82) is 0 Å². The number of halogens is 1. The molecule has 0 atom stereocenters. The van der Waals surface area contributed by atoms with Crippen LogP contribution in [0.15, 0.2) is 48.5 Å². The number of hydrogen-bond acceptors (Lipinski definition) is 5. The molecule has 1 heterocycles. The lowest BCUT2D eigenvalue weighted by molar-refractivity contribution is 0.116. The molecule has 1 fully saturated rings. The standard InChI is InChI=1S/C26H38N4O4S.ClH/c1-6-30(25(31)27-26(2,3)4)22-15-17-29(18-16-22)19-20-7-11-23(12-8-20)34-24-13-9-21(10-14-24)28-35(5,32)33;/h7-14,22,28H,6,15-19H2,1-5H3,(H,27,31);1H. The molecule has 8 nitrogen and oxygen atoms in total. The Bertz CT molecular complexity index is 1080. The van der Waals surface area contributed by atoms with Gasteiger partial charge in [-0.1, -0.05) is 12.1 Å². The highest BCUT2D eigenvalue weighted by atomic mass is 35.5. The van der Waals surface area contributed by atoms with Crippen LogP contribution in [0.4, 0.5) is 10.5 Å². The maximum absolute atomic E-state index is 12.7. The van der Waals surface area contributed by atoms with Crippen LogP contribution in [0.3, 0.4) is 0 Å². The molecule has 0 bridgehead atoms. The number of piperidine rings is 1. The molecule has 2 amide bonds. The van der Waals surface area contributed by atoms with Crippen molar-refractivity contribution < 1.29 is 17.9 Å². The van der Waals surface area contributed by atoms with Crippen molar-refractivity contribution in [3.05, 3.63) is 54.1 Å². The van der Waals surface area contributed by atoms with E-state index in [4.69, 9.17) is 4.74 Å². The van der Waals surface area contributed by atoms with Crippen LogP contribution >= 0.6 is 12.4 Å². The van der Waals surface area contributed by atoms with Gasteiger partial charge < -0.3 is 15.0 Å². The third-order valence-corrected chi connectivity index (χ3v) is 6.41. The van der Waals surface area contributed by atoms with Gasteiger partial charge in [-0.3, -0.25) is 9.62 Å². The topological polar surface area (TPSA) is 91.0 Å². The molecule has 0 aliphatic carbocycles. The quantitative estimate of drug-likeness (QED) is 0.490. The molecule has 10 heteroatoms. The van der Waals surface area contributed by atoms with E-state index >= 15 is 0 Å². The number of hydrogen-bond donors (Lipinski definition) is 2. The van der Waals surface area contributed by atoms with Crippen LogP contribution in [0.1, 0.15) is 46.1 Å². The average Bonchev–Trinajstić information content (AvgIpc) is 2.76. The predicted molar refractivity (Wildman–Crippen MR) is 148 cm³/mol. The van der Waals surface area contributed by atoms with Gasteiger partial charge in [0.15, 0.2) is 0 Å². The first-order valence-electron chi connectivity index (χ1n) is 12.1. The van der Waals surface area contributed by atoms with Crippen molar-refractivity contribution in [2.45, 2.75) is 58.7 Å². The summed E-state index contributed by atoms with van der Waals surface area (Å²) in [5, 5.41) is 3.09. The number of carbonyl (C=O) groups is 1. The summed E-state index contributed by atoms with van der Waals surface area (Å²) >= 11 is 0. The summed E-state index contributed by atoms with van der Waals surface area (Å²) < 4.78 is 31.0. The van der Waals surface area contributed by atoms with Crippen molar-refractivity contribution in [2.75, 3.05) is 30.6 Å². The first-order valence-corrected chi connectivity index (χ1v) is 14.0. The lowest BCUT2D eigenvalue weighted by atomic mass is 10.0. The van der Waals surface area contributed by atoms with E-state index in [1.165, 1.54) is 5.56 Å². The molecule has 0 saturated carbocycles. The molecule has 0 spiro atoms. The van der Waals surface area contributed by atoms with Gasteiger partial charge >= 0.3 is 6.03 Å². The molecule has 1 aliphatic heterocycles. The third-order valence-electron chi connectivity index (χ3n) is 5.80. The summed E-state index contributed by atoms with van der Waals surface area (Å²) in [4.78, 5) is 17.1. The van der Waals surface area contributed by atoms with Crippen LogP contribution in [0.2, 0.25) is 0 Å². The lowest BCUT2D eigenvalue weighted by Crippen LogP contribution is -2.54. The Kier molecular flexibility index (Phi) is 10.5. The predicted octanol–water partition coefficient (Wildman–Crippen LogP) is 5.07. The molecule has 200 valence electrons. The SMILES string of the molecule is CCN(C(=O)NC(C)(C)C)C1CCN(Cc2ccc(Oc3ccc(NS(C)(=O)=O)cc3)cc2)CC1.Cl. The van der Waals surface area contributed by atoms with Gasteiger partial charge in [-0.05, 0) is 82.5 Å². The Morgan fingerprint density at radius 2 is 1.56 bits per heavy atom. The monoisotopic (exact) mass is 538 g/mol. The van der Waals surface area contributed by atoms with E-state index in [2.05, 4.69) is 27.1 Å². The van der Waals surface area contributed by atoms with Crippen LogP contribution in [0, 0.1) is 0 Å². The van der Waals surface area contributed by atoms with Gasteiger partial charge in [0.2, 0.25) is 10.0 Å². The molecular weight excluding hydrogens is 500 g/mol. The van der Waals surface area contributed by atoms with Gasteiger partial charge in [0, 0.05) is 43.4 Å². The van der Waals surface area contributed by atoms with Crippen LogP contribution in [0.5, 0.6) is 11.5 Å². The second-order valence-electron chi connectivity index (χ2n) is 10.1. The Labute approximate surface area is 221 Å². The van der Waals surface area contributed by atoms with E-state index < -0.39 is 10.0 Å². The summed E-state index contributed by atoms with van der Waals surface area (Å²) in [6, 6.07) is 15.1. The van der Waals surface area contributed by atoms with Gasteiger partial charge in [-0.2, -0.15) is 0 Å². The zero-order valence-electron chi connectivity index (χ0n) is 21.8. The fraction of sp³-hybridized carbons (Fsp3) is 0.500. The summed E-state index contributed by atoms with van der Waals surface area (Å²) in [5.74, 6) is 1.36. The average molecular weight is 539 g/mol. The number of anilines is 1. The van der Waals surface area contributed by atoms with Gasteiger partial charge in [-0.15, -0.1) is 12.4 Å². The van der Waals surface area contributed by atoms with Crippen molar-refractivity contribution in [1.82, 2.24) is 15.1 Å². The maximum atomic E-state index is 12.7. The molecule has 2 aromatic rings. The summed E-state index contributed by atoms with van der Waals surface area (Å²) in [6.07, 6.45) is 3.06. The first kappa shape index (κ1) is 29.7. The zero-order chi connectivity index (χ0) is 25.6. The Balaban J connectivity index is 0.00000456. The summed E-state index contributed by atoms with van der Waals surface area (Å²) in [7, 11) is -3.30. The molecule has 36 heavy (non-hydrogen) atoms. The maximum Gasteiger partial charge on any atom is 0.318 e. The number of amides is 2. The number of likely N-dealkylation sites (tertiary alicyclic amines) is 1. The van der Waals surface area contributed by atoms with Crippen LogP contribution in [-0.2, 0) is 16.6 Å². The Hall–Kier alpha value is -2.49. The number of nitrogens with zero attached hydrogens (tertiary/aromatic N) is 2. The third kappa shape index (κ3) is 9.52. The van der Waals surface area contributed by atoms with E-state index in [9.17, 15) is 13.2 Å². The van der Waals surface area contributed by atoms with Gasteiger partial charge in [0.1, 0.15) is 11.5 Å². The van der Waals surface area contributed by atoms with E-state index in [1.807, 2.05) is 44.7 Å². The summed E-state index contributed by atoms with van der Waals surface area (Å²) in [5.41, 5.74) is 1.47.